The zero-order valence-electron chi connectivity index (χ0n) is 6.47. The quantitative estimate of drug-likeness (QED) is 0.584. The molecule has 1 rings (SSSR count). The summed E-state index contributed by atoms with van der Waals surface area (Å²) < 4.78 is 4.68. The van der Waals surface area contributed by atoms with E-state index < -0.39 is 8.60 Å². The molecule has 0 fully saturated rings. The molecule has 0 aliphatic carbocycles. The molecule has 3 nitrogen and oxygen atoms in total. The maximum absolute atomic E-state index is 8.53. The summed E-state index contributed by atoms with van der Waals surface area (Å²) in [7, 11) is -2.30. The molecule has 0 atom stereocenters. The molecule has 0 saturated heterocycles. The van der Waals surface area contributed by atoms with Crippen LogP contribution in [0.25, 0.3) is 0 Å². The first-order chi connectivity index (χ1) is 5.72. The van der Waals surface area contributed by atoms with Gasteiger partial charge in [-0.2, -0.15) is 0 Å². The van der Waals surface area contributed by atoms with E-state index in [2.05, 4.69) is 4.52 Å². The monoisotopic (exact) mass is 204 g/mol. The zero-order valence-corrected chi connectivity index (χ0v) is 8.18. The molecule has 0 heterocycles. The van der Waals surface area contributed by atoms with Crippen molar-refractivity contribution in [3.8, 4) is 5.75 Å². The fourth-order valence-electron chi connectivity index (χ4n) is 0.731. The summed E-state index contributed by atoms with van der Waals surface area (Å²) >= 11 is 1.62. The third kappa shape index (κ3) is 2.99. The normalized spacial score (nSPS) is 10.3. The lowest BCUT2D eigenvalue weighted by atomic mass is 10.3. The van der Waals surface area contributed by atoms with Gasteiger partial charge in [0.05, 0.1) is 0 Å². The van der Waals surface area contributed by atoms with Crippen molar-refractivity contribution in [3.05, 3.63) is 24.3 Å². The molecule has 0 spiro atoms. The van der Waals surface area contributed by atoms with Gasteiger partial charge in [0.25, 0.3) is 0 Å². The summed E-state index contributed by atoms with van der Waals surface area (Å²) in [4.78, 5) is 18.2. The Labute approximate surface area is 76.4 Å². The lowest BCUT2D eigenvalue weighted by Crippen LogP contribution is -1.83. The van der Waals surface area contributed by atoms with Crippen molar-refractivity contribution in [2.45, 2.75) is 4.90 Å². The van der Waals surface area contributed by atoms with Crippen molar-refractivity contribution in [3.63, 3.8) is 0 Å². The predicted molar refractivity (Wildman–Crippen MR) is 50.2 cm³/mol. The Morgan fingerprint density at radius 3 is 2.25 bits per heavy atom. The number of rotatable bonds is 3. The first kappa shape index (κ1) is 9.81. The summed E-state index contributed by atoms with van der Waals surface area (Å²) in [5.41, 5.74) is 0. The molecule has 2 N–H and O–H groups in total. The van der Waals surface area contributed by atoms with Crippen LogP contribution in [0.3, 0.4) is 0 Å². The van der Waals surface area contributed by atoms with Gasteiger partial charge in [-0.05, 0) is 30.5 Å². The van der Waals surface area contributed by atoms with Crippen LogP contribution < -0.4 is 4.52 Å². The van der Waals surface area contributed by atoms with Gasteiger partial charge in [0.1, 0.15) is 5.75 Å². The highest BCUT2D eigenvalue weighted by Gasteiger charge is 2.01. The van der Waals surface area contributed by atoms with Crippen molar-refractivity contribution in [1.82, 2.24) is 0 Å². The number of hydrogen-bond donors (Lipinski definition) is 2. The van der Waals surface area contributed by atoms with E-state index in [4.69, 9.17) is 9.79 Å². The largest absolute Gasteiger partial charge is 0.427 e. The molecule has 0 amide bonds. The molecule has 0 aromatic heterocycles. The van der Waals surface area contributed by atoms with E-state index in [0.29, 0.717) is 5.75 Å². The van der Waals surface area contributed by atoms with E-state index in [0.717, 1.165) is 4.90 Å². The van der Waals surface area contributed by atoms with Crippen LogP contribution in [0.1, 0.15) is 0 Å². The Hall–Kier alpha value is -0.280. The van der Waals surface area contributed by atoms with Gasteiger partial charge in [-0.15, -0.1) is 11.8 Å². The van der Waals surface area contributed by atoms with Crippen LogP contribution in [0.2, 0.25) is 0 Å². The van der Waals surface area contributed by atoms with Crippen LogP contribution in [-0.4, -0.2) is 16.0 Å². The topological polar surface area (TPSA) is 49.7 Å². The van der Waals surface area contributed by atoms with Crippen molar-refractivity contribution in [1.29, 1.82) is 0 Å². The average Bonchev–Trinajstić information content (AvgIpc) is 2.05. The molecule has 0 aliphatic heterocycles. The lowest BCUT2D eigenvalue weighted by Gasteiger charge is -2.04. The van der Waals surface area contributed by atoms with Gasteiger partial charge in [0.15, 0.2) is 0 Å². The molecule has 0 bridgehead atoms. The summed E-state index contributed by atoms with van der Waals surface area (Å²) in [6.45, 7) is 0. The highest BCUT2D eigenvalue weighted by Crippen LogP contribution is 2.29. The van der Waals surface area contributed by atoms with Gasteiger partial charge in [-0.3, -0.25) is 0 Å². The first-order valence-electron chi connectivity index (χ1n) is 3.22. The summed E-state index contributed by atoms with van der Waals surface area (Å²) in [5.74, 6) is 0.476. The Balaban J connectivity index is 2.65. The van der Waals surface area contributed by atoms with E-state index in [1.165, 1.54) is 0 Å². The summed E-state index contributed by atoms with van der Waals surface area (Å²) in [6, 6.07) is 7.12. The fraction of sp³-hybridized carbons (Fsp3) is 0.143. The van der Waals surface area contributed by atoms with Crippen LogP contribution in [0, 0.1) is 0 Å². The molecule has 1 aromatic rings. The van der Waals surface area contributed by atoms with Crippen molar-refractivity contribution >= 4 is 20.4 Å². The highest BCUT2D eigenvalue weighted by atomic mass is 32.2. The number of benzene rings is 1. The van der Waals surface area contributed by atoms with Gasteiger partial charge in [-0.1, -0.05) is 0 Å². The molecular weight excluding hydrogens is 195 g/mol. The van der Waals surface area contributed by atoms with E-state index in [1.54, 1.807) is 23.9 Å². The summed E-state index contributed by atoms with van der Waals surface area (Å²) in [6.07, 6.45) is 1.97. The minimum atomic E-state index is -2.30. The van der Waals surface area contributed by atoms with Crippen LogP contribution in [0.15, 0.2) is 29.2 Å². The van der Waals surface area contributed by atoms with Gasteiger partial charge in [-0.25, -0.2) is 0 Å². The van der Waals surface area contributed by atoms with Crippen molar-refractivity contribution < 1.29 is 14.3 Å². The van der Waals surface area contributed by atoms with Gasteiger partial charge in [0.2, 0.25) is 0 Å². The second-order valence-corrected chi connectivity index (χ2v) is 3.59. The highest BCUT2D eigenvalue weighted by molar-refractivity contribution is 7.98. The zero-order chi connectivity index (χ0) is 8.97. The number of thioether (sulfide) groups is 1. The molecule has 66 valence electrons. The number of hydrogen-bond acceptors (Lipinski definition) is 4. The van der Waals surface area contributed by atoms with Gasteiger partial charge in [0, 0.05) is 4.90 Å². The third-order valence-electron chi connectivity index (χ3n) is 1.25. The van der Waals surface area contributed by atoms with Crippen molar-refractivity contribution in [2.75, 3.05) is 6.26 Å². The SMILES string of the molecule is CSc1ccc(OP(O)O)cc1. The van der Waals surface area contributed by atoms with E-state index in [-0.39, 0.29) is 0 Å². The van der Waals surface area contributed by atoms with E-state index >= 15 is 0 Å². The molecular formula is C7H9O3PS. The molecule has 0 aliphatic rings. The second-order valence-electron chi connectivity index (χ2n) is 2.02. The molecule has 5 heteroatoms. The predicted octanol–water partition coefficient (Wildman–Crippen LogP) is 2.00. The maximum atomic E-state index is 8.53. The average molecular weight is 204 g/mol. The maximum Gasteiger partial charge on any atom is 0.391 e. The lowest BCUT2D eigenvalue weighted by molar-refractivity contribution is 0.375. The molecule has 1 aromatic carbocycles. The van der Waals surface area contributed by atoms with Crippen LogP contribution >= 0.6 is 20.4 Å². The van der Waals surface area contributed by atoms with Crippen LogP contribution in [0.4, 0.5) is 0 Å². The van der Waals surface area contributed by atoms with Gasteiger partial charge >= 0.3 is 8.60 Å². The molecule has 0 radical (unpaired) electrons. The molecule has 0 unspecified atom stereocenters. The van der Waals surface area contributed by atoms with E-state index in [9.17, 15) is 0 Å². The Kier molecular flexibility index (Phi) is 3.82. The Bertz CT molecular complexity index is 237. The Morgan fingerprint density at radius 2 is 1.83 bits per heavy atom. The molecule has 12 heavy (non-hydrogen) atoms. The third-order valence-corrected chi connectivity index (χ3v) is 2.36. The minimum absolute atomic E-state index is 0.476. The van der Waals surface area contributed by atoms with E-state index in [1.807, 2.05) is 18.4 Å². The minimum Gasteiger partial charge on any atom is -0.427 e. The standard InChI is InChI=1S/C7H9O3PS/c1-12-7-4-2-6(3-5-7)10-11(8)9/h2-5,8-9H,1H3. The van der Waals surface area contributed by atoms with Crippen LogP contribution in [0.5, 0.6) is 5.75 Å². The summed E-state index contributed by atoms with van der Waals surface area (Å²) in [5, 5.41) is 0. The molecule has 0 saturated carbocycles. The first-order valence-corrected chi connectivity index (χ1v) is 5.61. The fourth-order valence-corrected chi connectivity index (χ4v) is 1.45. The second kappa shape index (κ2) is 4.67. The Morgan fingerprint density at radius 1 is 1.25 bits per heavy atom. The smallest absolute Gasteiger partial charge is 0.391 e. The van der Waals surface area contributed by atoms with Crippen LogP contribution in [-0.2, 0) is 0 Å². The van der Waals surface area contributed by atoms with Gasteiger partial charge < -0.3 is 14.3 Å². The van der Waals surface area contributed by atoms with Crippen molar-refractivity contribution in [2.24, 2.45) is 0 Å².